The standard InChI is InChI=1S/C11H14ClN3O/c1-7(2)9-6-15(11(16)14-9)10-4-3-8(12)5-13-10/h3-5,7,9H,6H2,1-2H3,(H,14,16)/t9-/m1/s1. The third-order valence-corrected chi connectivity index (χ3v) is 2.95. The average molecular weight is 240 g/mol. The van der Waals surface area contributed by atoms with Crippen LogP contribution in [0.4, 0.5) is 10.6 Å². The minimum absolute atomic E-state index is 0.0893. The number of hydrogen-bond donors (Lipinski definition) is 1. The summed E-state index contributed by atoms with van der Waals surface area (Å²) in [7, 11) is 0. The molecular formula is C11H14ClN3O. The molecule has 0 radical (unpaired) electrons. The molecule has 0 spiro atoms. The van der Waals surface area contributed by atoms with Gasteiger partial charge in [-0.2, -0.15) is 0 Å². The molecule has 2 heterocycles. The van der Waals surface area contributed by atoms with Gasteiger partial charge in [-0.15, -0.1) is 0 Å². The first-order valence-electron chi connectivity index (χ1n) is 5.27. The lowest BCUT2D eigenvalue weighted by Crippen LogP contribution is -2.31. The second-order valence-corrected chi connectivity index (χ2v) is 4.68. The van der Waals surface area contributed by atoms with Crippen LogP contribution in [0, 0.1) is 5.92 Å². The van der Waals surface area contributed by atoms with Crippen molar-refractivity contribution in [2.24, 2.45) is 5.92 Å². The second-order valence-electron chi connectivity index (χ2n) is 4.25. The van der Waals surface area contributed by atoms with E-state index < -0.39 is 0 Å². The predicted molar refractivity (Wildman–Crippen MR) is 63.8 cm³/mol. The number of amides is 2. The largest absolute Gasteiger partial charge is 0.333 e. The molecule has 5 heteroatoms. The van der Waals surface area contributed by atoms with Crippen LogP contribution >= 0.6 is 11.6 Å². The molecule has 0 saturated carbocycles. The SMILES string of the molecule is CC(C)[C@H]1CN(c2ccc(Cl)cn2)C(=O)N1. The zero-order chi connectivity index (χ0) is 11.7. The van der Waals surface area contributed by atoms with E-state index >= 15 is 0 Å². The first-order valence-corrected chi connectivity index (χ1v) is 5.65. The van der Waals surface area contributed by atoms with Crippen molar-refractivity contribution in [3.05, 3.63) is 23.4 Å². The van der Waals surface area contributed by atoms with Crippen LogP contribution in [-0.2, 0) is 0 Å². The Labute approximate surface area is 99.6 Å². The maximum absolute atomic E-state index is 11.7. The summed E-state index contributed by atoms with van der Waals surface area (Å²) in [6.45, 7) is 4.83. The fourth-order valence-corrected chi connectivity index (χ4v) is 1.78. The van der Waals surface area contributed by atoms with E-state index in [-0.39, 0.29) is 12.1 Å². The van der Waals surface area contributed by atoms with Crippen LogP contribution in [0.5, 0.6) is 0 Å². The molecule has 0 aliphatic carbocycles. The Bertz CT molecular complexity index is 391. The Morgan fingerprint density at radius 3 is 2.81 bits per heavy atom. The predicted octanol–water partition coefficient (Wildman–Crippen LogP) is 2.29. The molecule has 1 N–H and O–H groups in total. The Balaban J connectivity index is 2.16. The molecule has 1 fully saturated rings. The molecule has 1 aliphatic rings. The zero-order valence-corrected chi connectivity index (χ0v) is 10.0. The molecule has 16 heavy (non-hydrogen) atoms. The molecule has 86 valence electrons. The minimum Gasteiger partial charge on any atom is -0.333 e. The van der Waals surface area contributed by atoms with Crippen LogP contribution < -0.4 is 10.2 Å². The van der Waals surface area contributed by atoms with Gasteiger partial charge < -0.3 is 5.32 Å². The normalized spacial score (nSPS) is 20.4. The highest BCUT2D eigenvalue weighted by Gasteiger charge is 2.31. The molecule has 1 aromatic rings. The summed E-state index contributed by atoms with van der Waals surface area (Å²) < 4.78 is 0. The van der Waals surface area contributed by atoms with Crippen molar-refractivity contribution in [1.29, 1.82) is 0 Å². The number of nitrogens with one attached hydrogen (secondary N) is 1. The van der Waals surface area contributed by atoms with E-state index in [0.29, 0.717) is 23.3 Å². The minimum atomic E-state index is -0.0893. The van der Waals surface area contributed by atoms with Crippen LogP contribution in [0.25, 0.3) is 0 Å². The van der Waals surface area contributed by atoms with Gasteiger partial charge in [0.2, 0.25) is 0 Å². The lowest BCUT2D eigenvalue weighted by molar-refractivity contribution is 0.249. The van der Waals surface area contributed by atoms with Gasteiger partial charge in [-0.1, -0.05) is 25.4 Å². The fraction of sp³-hybridized carbons (Fsp3) is 0.455. The summed E-state index contributed by atoms with van der Waals surface area (Å²) in [6.07, 6.45) is 1.55. The maximum atomic E-state index is 11.7. The number of pyridine rings is 1. The molecule has 4 nitrogen and oxygen atoms in total. The lowest BCUT2D eigenvalue weighted by atomic mass is 10.1. The van der Waals surface area contributed by atoms with E-state index in [1.165, 1.54) is 0 Å². The molecule has 2 rings (SSSR count). The molecule has 1 aliphatic heterocycles. The number of urea groups is 1. The first kappa shape index (κ1) is 11.2. The van der Waals surface area contributed by atoms with E-state index in [9.17, 15) is 4.79 Å². The highest BCUT2D eigenvalue weighted by atomic mass is 35.5. The first-order chi connectivity index (χ1) is 7.58. The number of halogens is 1. The fourth-order valence-electron chi connectivity index (χ4n) is 1.66. The smallest absolute Gasteiger partial charge is 0.323 e. The number of aromatic nitrogens is 1. The van der Waals surface area contributed by atoms with Crippen molar-refractivity contribution < 1.29 is 4.79 Å². The van der Waals surface area contributed by atoms with Crippen molar-refractivity contribution in [2.45, 2.75) is 19.9 Å². The summed E-state index contributed by atoms with van der Waals surface area (Å²) >= 11 is 5.75. The molecule has 1 aromatic heterocycles. The Morgan fingerprint density at radius 1 is 1.56 bits per heavy atom. The van der Waals surface area contributed by atoms with Crippen LogP contribution in [0.15, 0.2) is 18.3 Å². The summed E-state index contributed by atoms with van der Waals surface area (Å²) in [5.74, 6) is 1.06. The zero-order valence-electron chi connectivity index (χ0n) is 9.27. The van der Waals surface area contributed by atoms with Gasteiger partial charge in [0, 0.05) is 12.7 Å². The van der Waals surface area contributed by atoms with Crippen molar-refractivity contribution in [3.63, 3.8) is 0 Å². The number of hydrogen-bond acceptors (Lipinski definition) is 2. The highest BCUT2D eigenvalue weighted by molar-refractivity contribution is 6.30. The average Bonchev–Trinajstić information content (AvgIpc) is 2.62. The van der Waals surface area contributed by atoms with Gasteiger partial charge in [-0.05, 0) is 18.1 Å². The number of anilines is 1. The van der Waals surface area contributed by atoms with E-state index in [1.54, 1.807) is 23.2 Å². The molecule has 0 bridgehead atoms. The molecule has 1 saturated heterocycles. The summed E-state index contributed by atoms with van der Waals surface area (Å²) in [6, 6.07) is 3.59. The van der Waals surface area contributed by atoms with E-state index in [2.05, 4.69) is 24.1 Å². The van der Waals surface area contributed by atoms with Gasteiger partial charge in [-0.25, -0.2) is 9.78 Å². The number of nitrogens with zero attached hydrogens (tertiary/aromatic N) is 2. The topological polar surface area (TPSA) is 45.2 Å². The van der Waals surface area contributed by atoms with Gasteiger partial charge in [-0.3, -0.25) is 4.90 Å². The van der Waals surface area contributed by atoms with Crippen LogP contribution in [0.1, 0.15) is 13.8 Å². The molecule has 0 unspecified atom stereocenters. The third kappa shape index (κ3) is 2.11. The quantitative estimate of drug-likeness (QED) is 0.861. The second kappa shape index (κ2) is 4.29. The molecule has 1 atom stereocenters. The maximum Gasteiger partial charge on any atom is 0.323 e. The van der Waals surface area contributed by atoms with Crippen molar-refractivity contribution in [1.82, 2.24) is 10.3 Å². The molecule has 0 aromatic carbocycles. The molecular weight excluding hydrogens is 226 g/mol. The van der Waals surface area contributed by atoms with Crippen molar-refractivity contribution in [2.75, 3.05) is 11.4 Å². The summed E-state index contributed by atoms with van der Waals surface area (Å²) in [4.78, 5) is 17.5. The summed E-state index contributed by atoms with van der Waals surface area (Å²) in [5.41, 5.74) is 0. The lowest BCUT2D eigenvalue weighted by Gasteiger charge is -2.15. The van der Waals surface area contributed by atoms with Crippen molar-refractivity contribution >= 4 is 23.4 Å². The van der Waals surface area contributed by atoms with Gasteiger partial charge in [0.15, 0.2) is 0 Å². The van der Waals surface area contributed by atoms with Gasteiger partial charge in [0.05, 0.1) is 11.1 Å². The van der Waals surface area contributed by atoms with Crippen LogP contribution in [-0.4, -0.2) is 23.6 Å². The van der Waals surface area contributed by atoms with Crippen LogP contribution in [0.2, 0.25) is 5.02 Å². The number of carbonyl (C=O) groups is 1. The number of rotatable bonds is 2. The van der Waals surface area contributed by atoms with E-state index in [1.807, 2.05) is 0 Å². The Morgan fingerprint density at radius 2 is 2.31 bits per heavy atom. The van der Waals surface area contributed by atoms with E-state index in [0.717, 1.165) is 0 Å². The Hall–Kier alpha value is -1.29. The number of carbonyl (C=O) groups excluding carboxylic acids is 1. The van der Waals surface area contributed by atoms with E-state index in [4.69, 9.17) is 11.6 Å². The van der Waals surface area contributed by atoms with Crippen molar-refractivity contribution in [3.8, 4) is 0 Å². The third-order valence-electron chi connectivity index (χ3n) is 2.73. The summed E-state index contributed by atoms with van der Waals surface area (Å²) in [5, 5.41) is 3.50. The van der Waals surface area contributed by atoms with Gasteiger partial charge in [0.1, 0.15) is 5.82 Å². The van der Waals surface area contributed by atoms with Gasteiger partial charge >= 0.3 is 6.03 Å². The van der Waals surface area contributed by atoms with Crippen LogP contribution in [0.3, 0.4) is 0 Å². The monoisotopic (exact) mass is 239 g/mol. The highest BCUT2D eigenvalue weighted by Crippen LogP contribution is 2.20. The molecule has 2 amide bonds. The Kier molecular flexibility index (Phi) is 3.01. The van der Waals surface area contributed by atoms with Gasteiger partial charge in [0.25, 0.3) is 0 Å².